The molecule has 4 heterocycles. The van der Waals surface area contributed by atoms with Crippen LogP contribution in [0.25, 0.3) is 32.9 Å². The van der Waals surface area contributed by atoms with Crippen LogP contribution in [0.4, 0.5) is 49.0 Å². The summed E-state index contributed by atoms with van der Waals surface area (Å²) in [5, 5.41) is 27.9. The molecule has 0 atom stereocenters. The number of ether oxygens (including phenoxy) is 3. The highest BCUT2D eigenvalue weighted by molar-refractivity contribution is 6.08. The monoisotopic (exact) mass is 1260 g/mol. The molecule has 4 aromatic heterocycles. The molecule has 0 fully saturated rings. The average molecular weight is 1260 g/mol. The maximum absolute atomic E-state index is 13.5. The van der Waals surface area contributed by atoms with Gasteiger partial charge in [-0.3, -0.25) is 16.0 Å². The van der Waals surface area contributed by atoms with Gasteiger partial charge < -0.3 is 30.6 Å². The number of fused-ring (bicyclic) bond motifs is 2. The zero-order valence-electron chi connectivity index (χ0n) is 54.8. The second-order valence-corrected chi connectivity index (χ2v) is 27.1. The van der Waals surface area contributed by atoms with Gasteiger partial charge in [-0.1, -0.05) is 140 Å². The van der Waals surface area contributed by atoms with Crippen LogP contribution in [0.1, 0.15) is 139 Å². The quantitative estimate of drug-likeness (QED) is 0.0566. The van der Waals surface area contributed by atoms with Gasteiger partial charge in [-0.25, -0.2) is 33.7 Å². The number of nitrogen functional groups attached to an aromatic ring is 1. The maximum atomic E-state index is 13.5. The number of nitrogens with zero attached hydrogens (tertiary/aromatic N) is 6. The number of aryl methyl sites for hydroxylation is 2. The molecule has 0 radical (unpaired) electrons. The van der Waals surface area contributed by atoms with Crippen LogP contribution in [0.2, 0.25) is 0 Å². The van der Waals surface area contributed by atoms with Crippen molar-refractivity contribution in [3.8, 4) is 22.9 Å². The van der Waals surface area contributed by atoms with Gasteiger partial charge >= 0.3 is 18.2 Å². The van der Waals surface area contributed by atoms with Gasteiger partial charge in [0, 0.05) is 69.7 Å². The van der Waals surface area contributed by atoms with Gasteiger partial charge in [-0.15, -0.1) is 0 Å². The number of benzene rings is 6. The van der Waals surface area contributed by atoms with Crippen LogP contribution in [0.3, 0.4) is 0 Å². The number of pyridine rings is 2. The van der Waals surface area contributed by atoms with E-state index in [9.17, 15) is 14.4 Å². The van der Waals surface area contributed by atoms with Crippen molar-refractivity contribution in [1.29, 1.82) is 0 Å². The van der Waals surface area contributed by atoms with Gasteiger partial charge in [0.25, 0.3) is 0 Å². The summed E-state index contributed by atoms with van der Waals surface area (Å²) in [4.78, 5) is 47.4. The molecule has 0 bridgehead atoms. The molecular weight excluding hydrogens is 1160 g/mol. The molecule has 6 aromatic carbocycles. The molecule has 0 spiro atoms. The first kappa shape index (κ1) is 70.2. The first-order chi connectivity index (χ1) is 42.8. The summed E-state index contributed by atoms with van der Waals surface area (Å²) < 4.78 is 22.0. The molecule has 10 aromatic rings. The fraction of sp³-hybridized carbons (Fsp3) is 0.320. The SMILES string of the molecule is C.C.Cc1ccc(-n2nc(C(C)(C)C)cc2NC(=O)Nc2ccc(OC(C)(C)Cc3ccnc(N)c3)c3ccccc23)cc1.Cc1ccc(-n2nc(C(C)(C)C)cc2NC(=O)Nc2ccc(OC(C)(C)Cc3ccnc(NC(=O)OC(C)(C)C)c3)c3ccccc23)cc1. The van der Waals surface area contributed by atoms with Crippen LogP contribution in [0, 0.1) is 13.8 Å². The number of urea groups is 2. The molecule has 18 nitrogen and oxygen atoms in total. The molecule has 5 amide bonds. The lowest BCUT2D eigenvalue weighted by Gasteiger charge is -2.28. The van der Waals surface area contributed by atoms with E-state index in [1.54, 1.807) is 21.8 Å². The first-order valence-corrected chi connectivity index (χ1v) is 30.4. The van der Waals surface area contributed by atoms with E-state index < -0.39 is 22.9 Å². The Bertz CT molecular complexity index is 4240. The summed E-state index contributed by atoms with van der Waals surface area (Å²) in [6.45, 7) is 30.2. The number of aromatic nitrogens is 6. The Morgan fingerprint density at radius 2 is 0.860 bits per heavy atom. The minimum Gasteiger partial charge on any atom is -0.487 e. The average Bonchev–Trinajstić information content (AvgIpc) is 1.43. The summed E-state index contributed by atoms with van der Waals surface area (Å²) in [6, 6.07) is 49.8. The zero-order valence-corrected chi connectivity index (χ0v) is 54.8. The molecule has 0 aliphatic heterocycles. The molecule has 0 saturated heterocycles. The Balaban J connectivity index is 0.000000261. The fourth-order valence-electron chi connectivity index (χ4n) is 10.2. The lowest BCUT2D eigenvalue weighted by atomic mass is 9.92. The molecule has 7 N–H and O–H groups in total. The van der Waals surface area contributed by atoms with Crippen LogP contribution in [-0.4, -0.2) is 64.5 Å². The lowest BCUT2D eigenvalue weighted by molar-refractivity contribution is 0.0635. The number of carbonyl (C=O) groups is 3. The number of hydrogen-bond donors (Lipinski definition) is 6. The summed E-state index contributed by atoms with van der Waals surface area (Å²) in [5.74, 6) is 3.45. The number of rotatable bonds is 15. The van der Waals surface area contributed by atoms with Crippen LogP contribution in [-0.2, 0) is 28.4 Å². The van der Waals surface area contributed by atoms with Gasteiger partial charge in [0.15, 0.2) is 0 Å². The minimum atomic E-state index is -0.626. The van der Waals surface area contributed by atoms with E-state index in [-0.39, 0.29) is 37.7 Å². The molecule has 488 valence electrons. The van der Waals surface area contributed by atoms with Crippen molar-refractivity contribution in [1.82, 2.24) is 29.5 Å². The number of anilines is 6. The van der Waals surface area contributed by atoms with Crippen molar-refractivity contribution in [2.75, 3.05) is 32.3 Å². The number of carbonyl (C=O) groups excluding carboxylic acids is 3. The topological polar surface area (TPSA) is 226 Å². The van der Waals surface area contributed by atoms with E-state index in [4.69, 9.17) is 30.1 Å². The molecule has 10 rings (SSSR count). The van der Waals surface area contributed by atoms with E-state index in [0.717, 1.165) is 72.3 Å². The third-order valence-electron chi connectivity index (χ3n) is 14.6. The van der Waals surface area contributed by atoms with E-state index in [2.05, 4.69) is 78.1 Å². The molecule has 93 heavy (non-hydrogen) atoms. The standard InChI is InChI=1S/C39H46N6O4.C34H38N6O2.2CH4/c1-25-14-16-27(17-15-25)45-34(23-32(44-45)37(2,3)4)43-35(46)41-30-18-19-31(29-13-11-10-12-28(29)30)48-39(8,9)24-26-20-21-40-33(22-26)42-36(47)49-38(5,6)7;1-22-11-13-24(14-12-22)40-31(20-29(39-40)33(2,3)4)38-32(41)37-27-15-16-28(26-10-8-7-9-25(26)27)42-34(5,6)21-23-17-18-36-30(35)19-23;;/h10-23H,24H2,1-9H3,(H,40,42,47)(H2,41,43,46);7-20H,21H2,1-6H3,(H2,35,36)(H2,37,38,41);2*1H4. The van der Waals surface area contributed by atoms with Crippen LogP contribution in [0.5, 0.6) is 11.5 Å². The minimum absolute atomic E-state index is 0. The second kappa shape index (κ2) is 28.5. The van der Waals surface area contributed by atoms with E-state index in [1.807, 2.05) is 220 Å². The summed E-state index contributed by atoms with van der Waals surface area (Å²) >= 11 is 0. The number of nitrogens with two attached hydrogens (primary N) is 1. The predicted octanol–water partition coefficient (Wildman–Crippen LogP) is 18.3. The highest BCUT2D eigenvalue weighted by atomic mass is 16.6. The Kier molecular flexibility index (Phi) is 21.5. The van der Waals surface area contributed by atoms with Crippen LogP contribution >= 0.6 is 0 Å². The van der Waals surface area contributed by atoms with Gasteiger partial charge in [0.2, 0.25) is 0 Å². The van der Waals surface area contributed by atoms with Gasteiger partial charge in [-0.2, -0.15) is 10.2 Å². The smallest absolute Gasteiger partial charge is 0.413 e. The van der Waals surface area contributed by atoms with E-state index in [1.165, 1.54) is 0 Å². The Hall–Kier alpha value is -10.2. The highest BCUT2D eigenvalue weighted by Crippen LogP contribution is 2.38. The lowest BCUT2D eigenvalue weighted by Crippen LogP contribution is -2.31. The largest absolute Gasteiger partial charge is 0.487 e. The molecule has 0 aliphatic carbocycles. The van der Waals surface area contributed by atoms with Crippen molar-refractivity contribution in [3.05, 3.63) is 204 Å². The van der Waals surface area contributed by atoms with Crippen molar-refractivity contribution in [3.63, 3.8) is 0 Å². The number of amides is 5. The van der Waals surface area contributed by atoms with Gasteiger partial charge in [0.05, 0.1) is 34.1 Å². The Labute approximate surface area is 548 Å². The molecule has 18 heteroatoms. The summed E-state index contributed by atoms with van der Waals surface area (Å²) in [6.07, 6.45) is 3.99. The number of nitrogens with one attached hydrogen (secondary N) is 5. The maximum Gasteiger partial charge on any atom is 0.413 e. The highest BCUT2D eigenvalue weighted by Gasteiger charge is 2.28. The second-order valence-electron chi connectivity index (χ2n) is 27.1. The van der Waals surface area contributed by atoms with Crippen molar-refractivity contribution < 1.29 is 28.6 Å². The zero-order chi connectivity index (χ0) is 65.6. The third kappa shape index (κ3) is 18.7. The predicted molar refractivity (Wildman–Crippen MR) is 380 cm³/mol. The van der Waals surface area contributed by atoms with E-state index in [0.29, 0.717) is 53.2 Å². The van der Waals surface area contributed by atoms with Crippen molar-refractivity contribution in [2.45, 2.75) is 159 Å². The summed E-state index contributed by atoms with van der Waals surface area (Å²) in [7, 11) is 0. The summed E-state index contributed by atoms with van der Waals surface area (Å²) in [5.41, 5.74) is 12.8. The van der Waals surface area contributed by atoms with Crippen LogP contribution in [0.15, 0.2) is 170 Å². The Morgan fingerprint density at radius 1 is 0.462 bits per heavy atom. The third-order valence-corrected chi connectivity index (χ3v) is 14.6. The van der Waals surface area contributed by atoms with Crippen molar-refractivity contribution in [2.24, 2.45) is 0 Å². The van der Waals surface area contributed by atoms with Crippen LogP contribution < -0.4 is 41.8 Å². The normalized spacial score (nSPS) is 11.7. The first-order valence-electron chi connectivity index (χ1n) is 30.4. The molecule has 0 unspecified atom stereocenters. The number of hydrogen-bond acceptors (Lipinski definition) is 11. The van der Waals surface area contributed by atoms with Gasteiger partial charge in [-0.05, 0) is 146 Å². The van der Waals surface area contributed by atoms with Gasteiger partial charge in [0.1, 0.15) is 51.6 Å². The molecular formula is C75H92N12O6. The molecule has 0 aliphatic rings. The Morgan fingerprint density at radius 3 is 1.26 bits per heavy atom. The van der Waals surface area contributed by atoms with Crippen molar-refractivity contribution >= 4 is 74.3 Å². The molecule has 0 saturated carbocycles. The van der Waals surface area contributed by atoms with E-state index >= 15 is 0 Å². The fourth-order valence-corrected chi connectivity index (χ4v) is 10.2.